The maximum Gasteiger partial charge on any atom is 0.336 e. The van der Waals surface area contributed by atoms with Gasteiger partial charge in [0.15, 0.2) is 6.61 Å². The summed E-state index contributed by atoms with van der Waals surface area (Å²) in [5.74, 6) is -2.38. The quantitative estimate of drug-likeness (QED) is 0.230. The molecule has 0 spiro atoms. The Balaban J connectivity index is 1.35. The smallest absolute Gasteiger partial charge is 0.336 e. The first-order valence-electron chi connectivity index (χ1n) is 13.9. The highest BCUT2D eigenvalue weighted by Gasteiger charge is 2.39. The third-order valence-corrected chi connectivity index (χ3v) is 7.65. The Kier molecular flexibility index (Phi) is 11.6. The number of hydrogen-bond acceptors (Lipinski definition) is 10. The summed E-state index contributed by atoms with van der Waals surface area (Å²) in [6, 6.07) is 11.9. The van der Waals surface area contributed by atoms with E-state index in [9.17, 15) is 19.2 Å². The second-order valence-corrected chi connectivity index (χ2v) is 10.7. The van der Waals surface area contributed by atoms with Crippen molar-refractivity contribution < 1.29 is 38.1 Å². The van der Waals surface area contributed by atoms with Crippen molar-refractivity contribution in [3.8, 4) is 5.75 Å². The zero-order chi connectivity index (χ0) is 32.5. The third-order valence-electron chi connectivity index (χ3n) is 7.01. The Morgan fingerprint density at radius 3 is 2.40 bits per heavy atom. The van der Waals surface area contributed by atoms with E-state index in [0.29, 0.717) is 51.3 Å². The molecular weight excluding hydrogens is 627 g/mol. The summed E-state index contributed by atoms with van der Waals surface area (Å²) in [6.07, 6.45) is 0.840. The maximum absolute atomic E-state index is 13.0. The van der Waals surface area contributed by atoms with Crippen LogP contribution in [0.5, 0.6) is 5.75 Å². The van der Waals surface area contributed by atoms with Gasteiger partial charge in [0, 0.05) is 30.1 Å². The Morgan fingerprint density at radius 2 is 1.73 bits per heavy atom. The van der Waals surface area contributed by atoms with E-state index in [0.717, 1.165) is 5.56 Å². The number of allylic oxidation sites excluding steroid dienone is 1. The van der Waals surface area contributed by atoms with Gasteiger partial charge in [-0.05, 0) is 42.3 Å². The fourth-order valence-electron chi connectivity index (χ4n) is 4.87. The molecule has 2 aromatic carbocycles. The van der Waals surface area contributed by atoms with Crippen molar-refractivity contribution in [2.45, 2.75) is 25.7 Å². The van der Waals surface area contributed by atoms with E-state index in [1.165, 1.54) is 14.2 Å². The molecule has 12 nitrogen and oxygen atoms in total. The number of methoxy groups -OCH3 is 2. The number of carbonyl (C=O) groups excluding carboxylic acids is 4. The molecule has 0 aromatic heterocycles. The van der Waals surface area contributed by atoms with E-state index < -0.39 is 23.8 Å². The average molecular weight is 660 g/mol. The Labute approximate surface area is 269 Å². The van der Waals surface area contributed by atoms with Crippen molar-refractivity contribution in [3.05, 3.63) is 86.2 Å². The second-order valence-electron chi connectivity index (χ2n) is 9.92. The second kappa shape index (κ2) is 15.6. The number of nitrogens with one attached hydrogen (secondary N) is 3. The van der Waals surface area contributed by atoms with Crippen LogP contribution in [0.3, 0.4) is 0 Å². The van der Waals surface area contributed by atoms with Crippen LogP contribution in [0.4, 0.5) is 0 Å². The summed E-state index contributed by atoms with van der Waals surface area (Å²) in [6.45, 7) is 1.60. The SMILES string of the molecule is COC(=O)C1=C(C)NC(COCCNC(=O)COc2ccc(C3=NNC(=O)CC3)cc2Cl)=C(C(=O)OC)C1c1ccccc1Cl. The third kappa shape index (κ3) is 8.21. The molecule has 45 heavy (non-hydrogen) atoms. The van der Waals surface area contributed by atoms with E-state index in [4.69, 9.17) is 42.1 Å². The van der Waals surface area contributed by atoms with Crippen molar-refractivity contribution in [1.82, 2.24) is 16.1 Å². The number of halogens is 2. The lowest BCUT2D eigenvalue weighted by Gasteiger charge is -2.31. The summed E-state index contributed by atoms with van der Waals surface area (Å²) in [4.78, 5) is 49.5. The average Bonchev–Trinajstić information content (AvgIpc) is 3.03. The molecule has 2 aliphatic rings. The molecule has 1 atom stereocenters. The number of hydrogen-bond donors (Lipinski definition) is 3. The minimum Gasteiger partial charge on any atom is -0.482 e. The fraction of sp³-hybridized carbons (Fsp3) is 0.323. The van der Waals surface area contributed by atoms with Gasteiger partial charge in [-0.25, -0.2) is 15.0 Å². The number of ether oxygens (including phenoxy) is 4. The van der Waals surface area contributed by atoms with Crippen molar-refractivity contribution in [1.29, 1.82) is 0 Å². The highest BCUT2D eigenvalue weighted by molar-refractivity contribution is 6.32. The van der Waals surface area contributed by atoms with Crippen LogP contribution >= 0.6 is 23.2 Å². The van der Waals surface area contributed by atoms with Gasteiger partial charge in [-0.2, -0.15) is 5.10 Å². The molecule has 14 heteroatoms. The van der Waals surface area contributed by atoms with Crippen LogP contribution in [0, 0.1) is 0 Å². The van der Waals surface area contributed by atoms with Crippen LogP contribution < -0.4 is 20.8 Å². The van der Waals surface area contributed by atoms with Gasteiger partial charge in [0.2, 0.25) is 5.91 Å². The van der Waals surface area contributed by atoms with Crippen LogP contribution in [-0.4, -0.2) is 70.0 Å². The van der Waals surface area contributed by atoms with Crippen LogP contribution in [0.15, 0.2) is 70.1 Å². The lowest BCUT2D eigenvalue weighted by molar-refractivity contribution is -0.137. The predicted octanol–water partition coefficient (Wildman–Crippen LogP) is 3.38. The first-order chi connectivity index (χ1) is 21.6. The van der Waals surface area contributed by atoms with E-state index in [2.05, 4.69) is 21.2 Å². The van der Waals surface area contributed by atoms with Crippen LogP contribution in [0.25, 0.3) is 0 Å². The molecular formula is C31H32Cl2N4O8. The zero-order valence-corrected chi connectivity index (χ0v) is 26.3. The van der Waals surface area contributed by atoms with E-state index >= 15 is 0 Å². The van der Waals surface area contributed by atoms with Gasteiger partial charge in [0.25, 0.3) is 5.91 Å². The Hall–Kier alpha value is -4.39. The number of hydrazone groups is 1. The molecule has 4 rings (SSSR count). The first-order valence-corrected chi connectivity index (χ1v) is 14.6. The van der Waals surface area contributed by atoms with Crippen LogP contribution in [-0.2, 0) is 33.4 Å². The monoisotopic (exact) mass is 658 g/mol. The molecule has 0 bridgehead atoms. The van der Waals surface area contributed by atoms with Crippen molar-refractivity contribution in [2.24, 2.45) is 5.10 Å². The highest BCUT2D eigenvalue weighted by Crippen LogP contribution is 2.41. The number of amides is 2. The molecule has 0 aliphatic carbocycles. The van der Waals surface area contributed by atoms with Gasteiger partial charge in [-0.15, -0.1) is 0 Å². The normalized spacial score (nSPS) is 16.3. The summed E-state index contributed by atoms with van der Waals surface area (Å²) in [5, 5.41) is 10.5. The molecule has 0 fully saturated rings. The highest BCUT2D eigenvalue weighted by atomic mass is 35.5. The first kappa shape index (κ1) is 33.5. The molecule has 0 saturated carbocycles. The van der Waals surface area contributed by atoms with Gasteiger partial charge in [0.1, 0.15) is 5.75 Å². The molecule has 2 aromatic rings. The molecule has 3 N–H and O–H groups in total. The summed E-state index contributed by atoms with van der Waals surface area (Å²) < 4.78 is 21.4. The van der Waals surface area contributed by atoms with Gasteiger partial charge in [0.05, 0.1) is 60.9 Å². The minimum atomic E-state index is -0.868. The lowest BCUT2D eigenvalue weighted by Crippen LogP contribution is -2.35. The molecule has 2 heterocycles. The number of dihydropyridines is 1. The molecule has 238 valence electrons. The summed E-state index contributed by atoms with van der Waals surface area (Å²) >= 11 is 12.8. The number of rotatable bonds is 12. The molecule has 0 saturated heterocycles. The van der Waals surface area contributed by atoms with Crippen LogP contribution in [0.2, 0.25) is 10.0 Å². The number of esters is 2. The fourth-order valence-corrected chi connectivity index (χ4v) is 5.35. The van der Waals surface area contributed by atoms with E-state index in [1.807, 2.05) is 0 Å². The standard InChI is InChI=1S/C31H32Cl2N4O8/c1-17-27(30(40)42-2)28(19-6-4-5-7-20(19)32)29(31(41)43-3)23(35-17)15-44-13-12-34-26(39)16-45-24-10-8-18(14-21(24)33)22-9-11-25(38)37-36-22/h4-8,10,14,28,35H,9,11-13,15-16H2,1-3H3,(H,34,39)(H,37,38). The Morgan fingerprint density at radius 1 is 1.00 bits per heavy atom. The van der Waals surface area contributed by atoms with Crippen molar-refractivity contribution >= 4 is 52.7 Å². The number of nitrogens with zero attached hydrogens (tertiary/aromatic N) is 1. The minimum absolute atomic E-state index is 0.0551. The maximum atomic E-state index is 13.0. The van der Waals surface area contributed by atoms with Gasteiger partial charge in [-0.1, -0.05) is 41.4 Å². The van der Waals surface area contributed by atoms with Crippen molar-refractivity contribution in [3.63, 3.8) is 0 Å². The molecule has 1 unspecified atom stereocenters. The van der Waals surface area contributed by atoms with Crippen LogP contribution in [0.1, 0.15) is 36.8 Å². The summed E-state index contributed by atoms with van der Waals surface area (Å²) in [5.41, 5.74) is 5.63. The predicted molar refractivity (Wildman–Crippen MR) is 166 cm³/mol. The largest absolute Gasteiger partial charge is 0.482 e. The molecule has 2 aliphatic heterocycles. The Bertz CT molecular complexity index is 1590. The zero-order valence-electron chi connectivity index (χ0n) is 24.8. The topological polar surface area (TPSA) is 154 Å². The molecule has 2 amide bonds. The number of carbonyl (C=O) groups is 4. The molecule has 0 radical (unpaired) electrons. The van der Waals surface area contributed by atoms with E-state index in [1.54, 1.807) is 49.4 Å². The number of benzene rings is 2. The van der Waals surface area contributed by atoms with Gasteiger partial charge >= 0.3 is 11.9 Å². The van der Waals surface area contributed by atoms with Gasteiger partial charge < -0.3 is 29.6 Å². The van der Waals surface area contributed by atoms with Gasteiger partial charge in [-0.3, -0.25) is 9.59 Å². The van der Waals surface area contributed by atoms with Crippen molar-refractivity contribution in [2.75, 3.05) is 40.6 Å². The lowest BCUT2D eigenvalue weighted by atomic mass is 9.80. The summed E-state index contributed by atoms with van der Waals surface area (Å²) in [7, 11) is 2.50. The van der Waals surface area contributed by atoms with E-state index in [-0.39, 0.29) is 43.4 Å².